The molecule has 2 aliphatic rings. The van der Waals surface area contributed by atoms with Gasteiger partial charge in [-0.2, -0.15) is 13.2 Å². The number of imidazole rings is 2. The highest BCUT2D eigenvalue weighted by Crippen LogP contribution is 2.36. The number of aryl methyl sites for hydroxylation is 2. The first-order chi connectivity index (χ1) is 18.9. The van der Waals surface area contributed by atoms with Crippen LogP contribution in [0, 0.1) is 17.7 Å². The number of benzene rings is 2. The van der Waals surface area contributed by atoms with E-state index in [1.165, 1.54) is 23.9 Å². The second kappa shape index (κ2) is 11.9. The lowest BCUT2D eigenvalue weighted by Crippen LogP contribution is -2.21. The predicted molar refractivity (Wildman–Crippen MR) is 137 cm³/mol. The Bertz CT molecular complexity index is 1370. The van der Waals surface area contributed by atoms with Gasteiger partial charge in [0.1, 0.15) is 5.75 Å². The molecule has 0 amide bonds. The lowest BCUT2D eigenvalue weighted by Gasteiger charge is -2.22. The number of halogens is 4. The molecular weight excluding hydrogens is 512 g/mol. The molecule has 0 saturated heterocycles. The van der Waals surface area contributed by atoms with Crippen LogP contribution in [0.2, 0.25) is 0 Å². The minimum absolute atomic E-state index is 0.0968. The van der Waals surface area contributed by atoms with Crippen LogP contribution in [0.15, 0.2) is 61.2 Å². The fourth-order valence-corrected chi connectivity index (χ4v) is 5.03. The Labute approximate surface area is 223 Å². The first-order valence-corrected chi connectivity index (χ1v) is 13.1. The SMILES string of the molecule is FC(F)(F)c1ccccc1OCC1CCc2nc[nH]c2C1.Fc1ccccc1OCC1CCc2nc[nH]c2C1. The topological polar surface area (TPSA) is 75.8 Å². The molecule has 0 spiro atoms. The summed E-state index contributed by atoms with van der Waals surface area (Å²) < 4.78 is 63.0. The molecule has 2 aliphatic carbocycles. The number of aromatic nitrogens is 4. The lowest BCUT2D eigenvalue weighted by atomic mass is 9.90. The number of nitrogens with one attached hydrogen (secondary N) is 2. The summed E-state index contributed by atoms with van der Waals surface area (Å²) in [5, 5.41) is 0. The zero-order valence-corrected chi connectivity index (χ0v) is 21.3. The third kappa shape index (κ3) is 6.79. The van der Waals surface area contributed by atoms with Crippen molar-refractivity contribution in [3.63, 3.8) is 0 Å². The molecule has 0 radical (unpaired) electrons. The number of ether oxygens (including phenoxy) is 2. The summed E-state index contributed by atoms with van der Waals surface area (Å²) in [6.07, 6.45) is 4.46. The average Bonchev–Trinajstić information content (AvgIpc) is 3.60. The van der Waals surface area contributed by atoms with Gasteiger partial charge >= 0.3 is 6.18 Å². The standard InChI is InChI=1S/C15H15F3N2O.C14H15FN2O/c16-15(17,18)11-3-1-2-4-14(11)21-8-10-5-6-12-13(7-10)20-9-19-12;15-11-3-1-2-4-14(11)18-8-10-5-6-12-13(7-10)17-9-16-12/h1-4,9-10H,5-8H2,(H,19,20);1-4,9-10H,5-8H2,(H,16,17). The van der Waals surface area contributed by atoms with Crippen molar-refractivity contribution in [2.24, 2.45) is 11.8 Å². The molecule has 2 aromatic heterocycles. The Morgan fingerprint density at radius 2 is 1.26 bits per heavy atom. The van der Waals surface area contributed by atoms with E-state index >= 15 is 0 Å². The highest BCUT2D eigenvalue weighted by atomic mass is 19.4. The van der Waals surface area contributed by atoms with Gasteiger partial charge in [-0.3, -0.25) is 0 Å². The summed E-state index contributed by atoms with van der Waals surface area (Å²) in [4.78, 5) is 14.7. The third-order valence-electron chi connectivity index (χ3n) is 7.16. The van der Waals surface area contributed by atoms with Crippen molar-refractivity contribution in [1.29, 1.82) is 0 Å². The van der Waals surface area contributed by atoms with Gasteiger partial charge < -0.3 is 19.4 Å². The molecule has 0 saturated carbocycles. The maximum Gasteiger partial charge on any atom is 0.419 e. The Balaban J connectivity index is 0.000000160. The van der Waals surface area contributed by atoms with E-state index in [-0.39, 0.29) is 24.1 Å². The summed E-state index contributed by atoms with van der Waals surface area (Å²) in [6.45, 7) is 0.838. The molecule has 2 heterocycles. The monoisotopic (exact) mass is 542 g/mol. The van der Waals surface area contributed by atoms with Gasteiger partial charge in [-0.05, 0) is 74.6 Å². The summed E-state index contributed by atoms with van der Waals surface area (Å²) in [5.74, 6) is 0.584. The van der Waals surface area contributed by atoms with Crippen LogP contribution in [0.5, 0.6) is 11.5 Å². The van der Waals surface area contributed by atoms with Crippen LogP contribution >= 0.6 is 0 Å². The number of H-pyrrole nitrogens is 2. The Morgan fingerprint density at radius 1 is 0.744 bits per heavy atom. The Hall–Kier alpha value is -3.82. The fraction of sp³-hybridized carbons (Fsp3) is 0.379. The molecule has 2 atom stereocenters. The summed E-state index contributed by atoms with van der Waals surface area (Å²) in [6, 6.07) is 11.9. The van der Waals surface area contributed by atoms with Crippen molar-refractivity contribution in [3.8, 4) is 11.5 Å². The van der Waals surface area contributed by atoms with E-state index in [1.807, 2.05) is 0 Å². The zero-order chi connectivity index (χ0) is 27.2. The van der Waals surface area contributed by atoms with E-state index < -0.39 is 11.7 Å². The van der Waals surface area contributed by atoms with E-state index in [2.05, 4.69) is 19.9 Å². The number of aromatic amines is 2. The molecule has 0 aliphatic heterocycles. The number of nitrogens with zero attached hydrogens (tertiary/aromatic N) is 2. The molecule has 4 aromatic rings. The van der Waals surface area contributed by atoms with E-state index in [4.69, 9.17) is 9.47 Å². The van der Waals surface area contributed by atoms with Gasteiger partial charge in [-0.25, -0.2) is 14.4 Å². The predicted octanol–water partition coefficient (Wildman–Crippen LogP) is 6.35. The summed E-state index contributed by atoms with van der Waals surface area (Å²) in [5.41, 5.74) is 3.77. The molecule has 0 bridgehead atoms. The molecular formula is C29H30F4N4O2. The fourth-order valence-electron chi connectivity index (χ4n) is 5.03. The highest BCUT2D eigenvalue weighted by molar-refractivity contribution is 5.35. The highest BCUT2D eigenvalue weighted by Gasteiger charge is 2.34. The van der Waals surface area contributed by atoms with E-state index in [9.17, 15) is 17.6 Å². The van der Waals surface area contributed by atoms with E-state index in [0.717, 1.165) is 61.7 Å². The van der Waals surface area contributed by atoms with Gasteiger partial charge in [0.2, 0.25) is 0 Å². The van der Waals surface area contributed by atoms with Crippen LogP contribution in [0.4, 0.5) is 17.6 Å². The van der Waals surface area contributed by atoms with Gasteiger partial charge in [0.25, 0.3) is 0 Å². The molecule has 2 N–H and O–H groups in total. The second-order valence-corrected chi connectivity index (χ2v) is 9.92. The lowest BCUT2D eigenvalue weighted by molar-refractivity contribution is -0.139. The van der Waals surface area contributed by atoms with Crippen LogP contribution in [-0.2, 0) is 31.9 Å². The number of alkyl halides is 3. The van der Waals surface area contributed by atoms with E-state index in [0.29, 0.717) is 18.3 Å². The van der Waals surface area contributed by atoms with Crippen LogP contribution in [0.1, 0.15) is 41.2 Å². The minimum atomic E-state index is -4.39. The molecule has 2 aromatic carbocycles. The number of hydrogen-bond acceptors (Lipinski definition) is 4. The molecule has 6 rings (SSSR count). The van der Waals surface area contributed by atoms with Crippen molar-refractivity contribution in [2.45, 2.75) is 44.7 Å². The smallest absolute Gasteiger partial charge is 0.419 e. The number of para-hydroxylation sites is 2. The Morgan fingerprint density at radius 3 is 1.82 bits per heavy atom. The van der Waals surface area contributed by atoms with Crippen molar-refractivity contribution in [2.75, 3.05) is 13.2 Å². The second-order valence-electron chi connectivity index (χ2n) is 9.92. The van der Waals surface area contributed by atoms with E-state index in [1.54, 1.807) is 36.9 Å². The van der Waals surface area contributed by atoms with Crippen molar-refractivity contribution < 1.29 is 27.0 Å². The molecule has 6 nitrogen and oxygen atoms in total. The maximum atomic E-state index is 13.4. The number of fused-ring (bicyclic) bond motifs is 2. The van der Waals surface area contributed by atoms with Crippen LogP contribution in [0.25, 0.3) is 0 Å². The van der Waals surface area contributed by atoms with Crippen LogP contribution in [-0.4, -0.2) is 33.1 Å². The minimum Gasteiger partial charge on any atom is -0.493 e. The van der Waals surface area contributed by atoms with Gasteiger partial charge in [-0.1, -0.05) is 24.3 Å². The van der Waals surface area contributed by atoms with Crippen molar-refractivity contribution in [3.05, 3.63) is 95.3 Å². The number of rotatable bonds is 6. The first-order valence-electron chi connectivity index (χ1n) is 13.1. The molecule has 206 valence electrons. The number of hydrogen-bond donors (Lipinski definition) is 2. The maximum absolute atomic E-state index is 13.4. The van der Waals surface area contributed by atoms with Crippen LogP contribution < -0.4 is 9.47 Å². The molecule has 39 heavy (non-hydrogen) atoms. The average molecular weight is 543 g/mol. The third-order valence-corrected chi connectivity index (χ3v) is 7.16. The quantitative estimate of drug-likeness (QED) is 0.279. The van der Waals surface area contributed by atoms with Crippen molar-refractivity contribution in [1.82, 2.24) is 19.9 Å². The summed E-state index contributed by atoms with van der Waals surface area (Å²) in [7, 11) is 0. The molecule has 10 heteroatoms. The van der Waals surface area contributed by atoms with Gasteiger partial charge in [0.05, 0.1) is 42.8 Å². The molecule has 2 unspecified atom stereocenters. The van der Waals surface area contributed by atoms with Gasteiger partial charge in [-0.15, -0.1) is 0 Å². The molecule has 0 fully saturated rings. The van der Waals surface area contributed by atoms with Gasteiger partial charge in [0.15, 0.2) is 11.6 Å². The van der Waals surface area contributed by atoms with Crippen molar-refractivity contribution >= 4 is 0 Å². The normalized spacial score (nSPS) is 18.4. The Kier molecular flexibility index (Phi) is 8.18. The summed E-state index contributed by atoms with van der Waals surface area (Å²) >= 11 is 0. The first kappa shape index (κ1) is 26.8. The zero-order valence-electron chi connectivity index (χ0n) is 21.3. The van der Waals surface area contributed by atoms with Crippen LogP contribution in [0.3, 0.4) is 0 Å². The van der Waals surface area contributed by atoms with Gasteiger partial charge in [0, 0.05) is 11.4 Å². The largest absolute Gasteiger partial charge is 0.493 e.